The van der Waals surface area contributed by atoms with E-state index in [0.717, 1.165) is 0 Å². The molecule has 1 aromatic carbocycles. The van der Waals surface area contributed by atoms with E-state index in [1.165, 1.54) is 0 Å². The van der Waals surface area contributed by atoms with Gasteiger partial charge in [-0.25, -0.2) is 0 Å². The second kappa shape index (κ2) is 5.88. The molecule has 0 bridgehead atoms. The summed E-state index contributed by atoms with van der Waals surface area (Å²) >= 11 is 5.92. The third-order valence-electron chi connectivity index (χ3n) is 2.92. The summed E-state index contributed by atoms with van der Waals surface area (Å²) in [6.07, 6.45) is 0.149. The van der Waals surface area contributed by atoms with Crippen LogP contribution in [-0.2, 0) is 4.79 Å². The van der Waals surface area contributed by atoms with Gasteiger partial charge in [-0.1, -0.05) is 35.9 Å². The lowest BCUT2D eigenvalue weighted by Gasteiger charge is -2.18. The molecular weight excluding hydrogens is 282 g/mol. The number of ketones is 2. The Morgan fingerprint density at radius 2 is 1.75 bits per heavy atom. The molecule has 1 aromatic rings. The summed E-state index contributed by atoms with van der Waals surface area (Å²) in [5.74, 6) is -1.94. The van der Waals surface area contributed by atoms with Gasteiger partial charge in [0.2, 0.25) is 11.6 Å². The fourth-order valence-electron chi connectivity index (χ4n) is 1.95. The van der Waals surface area contributed by atoms with Crippen molar-refractivity contribution in [1.29, 1.82) is 0 Å². The van der Waals surface area contributed by atoms with Gasteiger partial charge in [-0.2, -0.15) is 0 Å². The Morgan fingerprint density at radius 1 is 1.15 bits per heavy atom. The smallest absolute Gasteiger partial charge is 0.211 e. The maximum Gasteiger partial charge on any atom is 0.211 e. The summed E-state index contributed by atoms with van der Waals surface area (Å²) in [4.78, 5) is 34.5. The van der Waals surface area contributed by atoms with Crippen LogP contribution in [0.2, 0.25) is 0 Å². The minimum atomic E-state index is -1.16. The molecule has 0 amide bonds. The van der Waals surface area contributed by atoms with Crippen molar-refractivity contribution < 1.29 is 19.5 Å². The van der Waals surface area contributed by atoms with Crippen molar-refractivity contribution in [3.63, 3.8) is 0 Å². The van der Waals surface area contributed by atoms with E-state index in [1.54, 1.807) is 24.3 Å². The van der Waals surface area contributed by atoms with Crippen molar-refractivity contribution in [3.8, 4) is 0 Å². The van der Waals surface area contributed by atoms with Gasteiger partial charge >= 0.3 is 0 Å². The Kier molecular flexibility index (Phi) is 4.20. The van der Waals surface area contributed by atoms with E-state index in [0.29, 0.717) is 5.56 Å². The average Bonchev–Trinajstić information content (AvgIpc) is 2.44. The molecule has 0 saturated carbocycles. The first-order valence-electron chi connectivity index (χ1n) is 6.04. The fourth-order valence-corrected chi connectivity index (χ4v) is 2.20. The Hall–Kier alpha value is -2.14. The number of aliphatic carboxylic acids is 1. The predicted molar refractivity (Wildman–Crippen MR) is 70.2 cm³/mol. The van der Waals surface area contributed by atoms with Crippen molar-refractivity contribution in [2.75, 3.05) is 6.54 Å². The second-order valence-corrected chi connectivity index (χ2v) is 4.67. The maximum absolute atomic E-state index is 12.2. The molecule has 0 unspecified atom stereocenters. The third-order valence-corrected chi connectivity index (χ3v) is 3.28. The van der Waals surface area contributed by atoms with Gasteiger partial charge in [0.25, 0.3) is 0 Å². The molecule has 1 aliphatic rings. The van der Waals surface area contributed by atoms with Crippen molar-refractivity contribution in [3.05, 3.63) is 46.1 Å². The van der Waals surface area contributed by atoms with Crippen molar-refractivity contribution in [1.82, 2.24) is 5.32 Å². The number of carbonyl (C=O) groups excluding carboxylic acids is 3. The highest BCUT2D eigenvalue weighted by Crippen LogP contribution is 2.27. The number of carboxylic acid groups (broad SMARTS) is 1. The van der Waals surface area contributed by atoms with Gasteiger partial charge < -0.3 is 15.2 Å². The Morgan fingerprint density at radius 3 is 2.35 bits per heavy atom. The summed E-state index contributed by atoms with van der Waals surface area (Å²) in [6, 6.07) is 6.43. The molecule has 20 heavy (non-hydrogen) atoms. The summed E-state index contributed by atoms with van der Waals surface area (Å²) < 4.78 is 0. The molecule has 2 rings (SSSR count). The number of rotatable bonds is 5. The Bertz CT molecular complexity index is 621. The van der Waals surface area contributed by atoms with Crippen LogP contribution in [0.1, 0.15) is 33.6 Å². The van der Waals surface area contributed by atoms with Gasteiger partial charge in [0.1, 0.15) is 10.7 Å². The quantitative estimate of drug-likeness (QED) is 0.805. The van der Waals surface area contributed by atoms with Crippen LogP contribution in [0.5, 0.6) is 0 Å². The lowest BCUT2D eigenvalue weighted by atomic mass is 9.92. The van der Waals surface area contributed by atoms with Crippen LogP contribution >= 0.6 is 11.6 Å². The number of nitrogens with one attached hydrogen (secondary N) is 1. The molecule has 0 aliphatic heterocycles. The molecule has 1 aliphatic carbocycles. The topological polar surface area (TPSA) is 86.3 Å². The van der Waals surface area contributed by atoms with E-state index in [4.69, 9.17) is 11.6 Å². The number of carboxylic acids is 1. The SMILES string of the molecule is O=C([O-])CCCNC1=C(Cl)C(=O)c2ccccc2C1=O. The van der Waals surface area contributed by atoms with Crippen LogP contribution in [0.15, 0.2) is 35.0 Å². The van der Waals surface area contributed by atoms with Gasteiger partial charge in [-0.15, -0.1) is 0 Å². The first-order valence-corrected chi connectivity index (χ1v) is 6.42. The Balaban J connectivity index is 2.17. The van der Waals surface area contributed by atoms with E-state index in [9.17, 15) is 19.5 Å². The molecule has 0 heterocycles. The molecule has 0 fully saturated rings. The number of Topliss-reactive ketones (excluding diaryl/α,β-unsaturated/α-hetero) is 2. The summed E-state index contributed by atoms with van der Waals surface area (Å²) in [5, 5.41) is 12.9. The fraction of sp³-hybridized carbons (Fsp3) is 0.214. The number of fused-ring (bicyclic) bond motifs is 1. The first-order chi connectivity index (χ1) is 9.52. The maximum atomic E-state index is 12.2. The predicted octanol–water partition coefficient (Wildman–Crippen LogP) is 0.636. The van der Waals surface area contributed by atoms with Crippen LogP contribution < -0.4 is 10.4 Å². The molecule has 1 N–H and O–H groups in total. The summed E-state index contributed by atoms with van der Waals surface area (Å²) in [5.41, 5.74) is 0.598. The number of hydrogen-bond donors (Lipinski definition) is 1. The lowest BCUT2D eigenvalue weighted by molar-refractivity contribution is -0.305. The van der Waals surface area contributed by atoms with Crippen LogP contribution in [0, 0.1) is 0 Å². The highest BCUT2D eigenvalue weighted by atomic mass is 35.5. The summed E-state index contributed by atoms with van der Waals surface area (Å²) in [6.45, 7) is 0.223. The molecule has 0 aromatic heterocycles. The zero-order chi connectivity index (χ0) is 14.7. The largest absolute Gasteiger partial charge is 0.550 e. The van der Waals surface area contributed by atoms with E-state index in [1.807, 2.05) is 0 Å². The zero-order valence-corrected chi connectivity index (χ0v) is 11.2. The Labute approximate surface area is 120 Å². The van der Waals surface area contributed by atoms with E-state index in [2.05, 4.69) is 5.32 Å². The minimum absolute atomic E-state index is 0.0220. The highest BCUT2D eigenvalue weighted by molar-refractivity contribution is 6.49. The van der Waals surface area contributed by atoms with Crippen molar-refractivity contribution in [2.45, 2.75) is 12.8 Å². The standard InChI is InChI=1S/C14H12ClNO4/c15-11-12(16-7-3-6-10(17)18)14(20)9-5-2-1-4-8(9)13(11)19/h1-2,4-5,16H,3,6-7H2,(H,17,18)/p-1. The molecule has 6 heteroatoms. The van der Waals surface area contributed by atoms with Crippen LogP contribution in [0.3, 0.4) is 0 Å². The number of hydrogen-bond acceptors (Lipinski definition) is 5. The second-order valence-electron chi connectivity index (χ2n) is 4.30. The lowest BCUT2D eigenvalue weighted by Crippen LogP contribution is -2.30. The van der Waals surface area contributed by atoms with E-state index >= 15 is 0 Å². The minimum Gasteiger partial charge on any atom is -0.550 e. The number of halogens is 1. The van der Waals surface area contributed by atoms with Gasteiger partial charge in [-0.05, 0) is 12.8 Å². The molecule has 5 nitrogen and oxygen atoms in total. The van der Waals surface area contributed by atoms with Gasteiger partial charge in [0, 0.05) is 23.6 Å². The van der Waals surface area contributed by atoms with Crippen molar-refractivity contribution in [2.24, 2.45) is 0 Å². The monoisotopic (exact) mass is 292 g/mol. The normalized spacial score (nSPS) is 14.2. The zero-order valence-electron chi connectivity index (χ0n) is 10.4. The molecule has 0 radical (unpaired) electrons. The molecule has 0 saturated heterocycles. The molecular formula is C14H11ClNO4-. The number of carbonyl (C=O) groups is 3. The molecule has 0 atom stereocenters. The first kappa shape index (κ1) is 14.3. The van der Waals surface area contributed by atoms with Gasteiger partial charge in [-0.3, -0.25) is 9.59 Å². The number of allylic oxidation sites excluding steroid dienone is 2. The third kappa shape index (κ3) is 2.72. The van der Waals surface area contributed by atoms with Crippen LogP contribution in [0.25, 0.3) is 0 Å². The number of benzene rings is 1. The van der Waals surface area contributed by atoms with Crippen LogP contribution in [-0.4, -0.2) is 24.1 Å². The molecule has 104 valence electrons. The average molecular weight is 293 g/mol. The highest BCUT2D eigenvalue weighted by Gasteiger charge is 2.30. The van der Waals surface area contributed by atoms with E-state index in [-0.39, 0.29) is 41.5 Å². The van der Waals surface area contributed by atoms with Gasteiger partial charge in [0.05, 0.1) is 0 Å². The summed E-state index contributed by atoms with van der Waals surface area (Å²) in [7, 11) is 0. The van der Waals surface area contributed by atoms with Gasteiger partial charge in [0.15, 0.2) is 0 Å². The van der Waals surface area contributed by atoms with E-state index < -0.39 is 11.8 Å². The van der Waals surface area contributed by atoms with Crippen molar-refractivity contribution >= 4 is 29.1 Å². The van der Waals surface area contributed by atoms with Crippen LogP contribution in [0.4, 0.5) is 0 Å². The molecule has 0 spiro atoms.